The molecule has 0 bridgehead atoms. The van der Waals surface area contributed by atoms with Crippen LogP contribution in [-0.4, -0.2) is 53.4 Å². The first-order valence-electron chi connectivity index (χ1n) is 12.9. The number of carbonyl (C=O) groups excluding carboxylic acids is 3. The molecule has 5 N–H and O–H groups in total. The van der Waals surface area contributed by atoms with Gasteiger partial charge in [0.1, 0.15) is 6.04 Å². The van der Waals surface area contributed by atoms with Crippen LogP contribution in [0.15, 0.2) is 24.3 Å². The van der Waals surface area contributed by atoms with Gasteiger partial charge in [0.2, 0.25) is 11.8 Å². The summed E-state index contributed by atoms with van der Waals surface area (Å²) in [5.74, 6) is -1.95. The molecular weight excluding hydrogens is 445 g/mol. The number of benzene rings is 1. The van der Waals surface area contributed by atoms with E-state index in [0.717, 1.165) is 31.2 Å². The number of rotatable bonds is 17. The van der Waals surface area contributed by atoms with E-state index in [0.29, 0.717) is 18.4 Å². The molecule has 0 aliphatic carbocycles. The Morgan fingerprint density at radius 1 is 0.914 bits per heavy atom. The molecule has 1 aromatic carbocycles. The van der Waals surface area contributed by atoms with Crippen molar-refractivity contribution >= 4 is 24.8 Å². The third-order valence-electron chi connectivity index (χ3n) is 5.85. The predicted octanol–water partition coefficient (Wildman–Crippen LogP) is 2.89. The fraction of sp³-hybridized carbons (Fsp3) is 0.654. The summed E-state index contributed by atoms with van der Waals surface area (Å²) in [6, 6.07) is 6.00. The molecule has 0 aromatic heterocycles. The lowest BCUT2D eigenvalue weighted by atomic mass is 9.75. The summed E-state index contributed by atoms with van der Waals surface area (Å²) in [7, 11) is -1.73. The minimum Gasteiger partial charge on any atom is -0.426 e. The van der Waals surface area contributed by atoms with Gasteiger partial charge in [-0.1, -0.05) is 77.0 Å². The van der Waals surface area contributed by atoms with Crippen LogP contribution in [0.4, 0.5) is 0 Å². The van der Waals surface area contributed by atoms with Crippen molar-refractivity contribution in [3.05, 3.63) is 35.4 Å². The first-order valence-corrected chi connectivity index (χ1v) is 12.9. The van der Waals surface area contributed by atoms with Crippen LogP contribution in [0.3, 0.4) is 0 Å². The van der Waals surface area contributed by atoms with E-state index in [9.17, 15) is 24.4 Å². The average molecular weight is 489 g/mol. The molecule has 1 aromatic rings. The maximum absolute atomic E-state index is 12.9. The van der Waals surface area contributed by atoms with Crippen molar-refractivity contribution in [2.45, 2.75) is 97.5 Å². The Hall–Kier alpha value is -2.39. The van der Waals surface area contributed by atoms with Gasteiger partial charge in [-0.2, -0.15) is 0 Å². The van der Waals surface area contributed by atoms with E-state index < -0.39 is 25.0 Å². The number of carbonyl (C=O) groups is 3. The Balaban J connectivity index is 2.72. The summed E-state index contributed by atoms with van der Waals surface area (Å²) in [5.41, 5.74) is 1.47. The van der Waals surface area contributed by atoms with Crippen LogP contribution < -0.4 is 16.0 Å². The standard InChI is InChI=1S/C26H44BN3O5/c1-5-6-7-8-9-10-11-12-24(31)29-22(26(33)30-23(27(34)35)17-19(2)3)18-28-25(32)21-15-13-20(4)14-16-21/h13-16,19,22-23,34-35H,5-12,17-18H2,1-4H3,(H,28,32)(H,29,31)(H,30,33)/t22-,23-/m0/s1. The number of hydrogen-bond acceptors (Lipinski definition) is 5. The van der Waals surface area contributed by atoms with E-state index in [1.807, 2.05) is 32.9 Å². The van der Waals surface area contributed by atoms with Crippen molar-refractivity contribution in [2.75, 3.05) is 6.54 Å². The third-order valence-corrected chi connectivity index (χ3v) is 5.85. The van der Waals surface area contributed by atoms with Crippen LogP contribution >= 0.6 is 0 Å². The van der Waals surface area contributed by atoms with Gasteiger partial charge in [-0.25, -0.2) is 0 Å². The molecule has 0 unspecified atom stereocenters. The summed E-state index contributed by atoms with van der Waals surface area (Å²) in [6.45, 7) is 7.80. The first-order chi connectivity index (χ1) is 16.6. The van der Waals surface area contributed by atoms with Gasteiger partial charge in [0.15, 0.2) is 0 Å². The molecule has 2 atom stereocenters. The molecule has 0 saturated carbocycles. The van der Waals surface area contributed by atoms with Gasteiger partial charge in [0.25, 0.3) is 5.91 Å². The van der Waals surface area contributed by atoms with Crippen molar-refractivity contribution in [3.63, 3.8) is 0 Å². The molecule has 8 nitrogen and oxygen atoms in total. The van der Waals surface area contributed by atoms with Crippen molar-refractivity contribution < 1.29 is 24.4 Å². The Bertz CT molecular complexity index is 771. The van der Waals surface area contributed by atoms with E-state index in [-0.39, 0.29) is 24.3 Å². The normalized spacial score (nSPS) is 12.7. The Morgan fingerprint density at radius 2 is 1.51 bits per heavy atom. The number of aryl methyl sites for hydroxylation is 1. The van der Waals surface area contributed by atoms with Gasteiger partial charge in [0.05, 0.1) is 5.94 Å². The average Bonchev–Trinajstić information content (AvgIpc) is 2.80. The SMILES string of the molecule is CCCCCCCCCC(=O)N[C@@H](CNC(=O)c1ccc(C)cc1)C(=O)N[C@@H](CC(C)C)B(O)O. The molecule has 0 aliphatic rings. The Labute approximate surface area is 210 Å². The molecular formula is C26H44BN3O5. The summed E-state index contributed by atoms with van der Waals surface area (Å²) in [5, 5.41) is 27.4. The fourth-order valence-corrected chi connectivity index (χ4v) is 3.77. The van der Waals surface area contributed by atoms with Gasteiger partial charge in [-0.15, -0.1) is 0 Å². The van der Waals surface area contributed by atoms with Gasteiger partial charge in [-0.3, -0.25) is 14.4 Å². The topological polar surface area (TPSA) is 128 Å². The molecule has 1 rings (SSSR count). The maximum atomic E-state index is 12.9. The quantitative estimate of drug-likeness (QED) is 0.170. The third kappa shape index (κ3) is 13.3. The van der Waals surface area contributed by atoms with Crippen molar-refractivity contribution in [1.29, 1.82) is 0 Å². The summed E-state index contributed by atoms with van der Waals surface area (Å²) in [6.07, 6.45) is 8.20. The van der Waals surface area contributed by atoms with Crippen molar-refractivity contribution in [1.82, 2.24) is 16.0 Å². The minimum atomic E-state index is -1.73. The van der Waals surface area contributed by atoms with E-state index in [4.69, 9.17) is 0 Å². The molecule has 3 amide bonds. The van der Waals surface area contributed by atoms with E-state index in [1.54, 1.807) is 12.1 Å². The molecule has 35 heavy (non-hydrogen) atoms. The second-order valence-corrected chi connectivity index (χ2v) is 9.73. The zero-order valence-electron chi connectivity index (χ0n) is 21.8. The fourth-order valence-electron chi connectivity index (χ4n) is 3.77. The summed E-state index contributed by atoms with van der Waals surface area (Å²) in [4.78, 5) is 38.0. The lowest BCUT2D eigenvalue weighted by molar-refractivity contribution is -0.129. The zero-order valence-corrected chi connectivity index (χ0v) is 21.8. The first kappa shape index (κ1) is 30.6. The Kier molecular flexibility index (Phi) is 15.0. The van der Waals surface area contributed by atoms with Gasteiger partial charge >= 0.3 is 7.12 Å². The number of nitrogens with one attached hydrogen (secondary N) is 3. The smallest absolute Gasteiger partial charge is 0.426 e. The molecule has 0 fully saturated rings. The zero-order chi connectivity index (χ0) is 26.2. The van der Waals surface area contributed by atoms with Gasteiger partial charge in [0, 0.05) is 18.5 Å². The van der Waals surface area contributed by atoms with Crippen LogP contribution in [0.25, 0.3) is 0 Å². The van der Waals surface area contributed by atoms with Gasteiger partial charge in [-0.05, 0) is 37.8 Å². The molecule has 0 heterocycles. The molecule has 0 spiro atoms. The van der Waals surface area contributed by atoms with Gasteiger partial charge < -0.3 is 26.0 Å². The lowest BCUT2D eigenvalue weighted by Gasteiger charge is -2.24. The summed E-state index contributed by atoms with van der Waals surface area (Å²) >= 11 is 0. The van der Waals surface area contributed by atoms with Crippen molar-refractivity contribution in [3.8, 4) is 0 Å². The number of hydrogen-bond donors (Lipinski definition) is 5. The minimum absolute atomic E-state index is 0.114. The summed E-state index contributed by atoms with van der Waals surface area (Å²) < 4.78 is 0. The van der Waals surface area contributed by atoms with Crippen molar-refractivity contribution in [2.24, 2.45) is 5.92 Å². The van der Waals surface area contributed by atoms with Crippen LogP contribution in [0.1, 0.15) is 94.5 Å². The predicted molar refractivity (Wildman–Crippen MR) is 140 cm³/mol. The molecule has 0 aliphatic heterocycles. The Morgan fingerprint density at radius 3 is 2.09 bits per heavy atom. The highest BCUT2D eigenvalue weighted by Crippen LogP contribution is 2.09. The highest BCUT2D eigenvalue weighted by molar-refractivity contribution is 6.43. The second kappa shape index (κ2) is 17.1. The second-order valence-electron chi connectivity index (χ2n) is 9.73. The molecule has 0 saturated heterocycles. The molecule has 196 valence electrons. The van der Waals surface area contributed by atoms with E-state index in [2.05, 4.69) is 22.9 Å². The van der Waals surface area contributed by atoms with E-state index in [1.165, 1.54) is 19.3 Å². The highest BCUT2D eigenvalue weighted by Gasteiger charge is 2.30. The van der Waals surface area contributed by atoms with Crippen LogP contribution in [0.5, 0.6) is 0 Å². The van der Waals surface area contributed by atoms with Crippen LogP contribution in [-0.2, 0) is 9.59 Å². The monoisotopic (exact) mass is 489 g/mol. The largest absolute Gasteiger partial charge is 0.475 e. The van der Waals surface area contributed by atoms with E-state index >= 15 is 0 Å². The van der Waals surface area contributed by atoms with Crippen LogP contribution in [0, 0.1) is 12.8 Å². The number of unbranched alkanes of at least 4 members (excludes halogenated alkanes) is 6. The van der Waals surface area contributed by atoms with Crippen LogP contribution in [0.2, 0.25) is 0 Å². The highest BCUT2D eigenvalue weighted by atomic mass is 16.4. The lowest BCUT2D eigenvalue weighted by Crippen LogP contribution is -2.57. The maximum Gasteiger partial charge on any atom is 0.475 e. The molecule has 0 radical (unpaired) electrons. The molecule has 9 heteroatoms. The number of amides is 3.